The van der Waals surface area contributed by atoms with E-state index in [1.807, 2.05) is 0 Å². The fourth-order valence-corrected chi connectivity index (χ4v) is 4.47. The third-order valence-electron chi connectivity index (χ3n) is 5.45. The van der Waals surface area contributed by atoms with E-state index in [0.29, 0.717) is 17.6 Å². The highest BCUT2D eigenvalue weighted by molar-refractivity contribution is 5.11. The van der Waals surface area contributed by atoms with Gasteiger partial charge in [0.15, 0.2) is 0 Å². The van der Waals surface area contributed by atoms with Crippen molar-refractivity contribution in [3.63, 3.8) is 0 Å². The summed E-state index contributed by atoms with van der Waals surface area (Å²) in [6, 6.07) is 0.678. The van der Waals surface area contributed by atoms with E-state index < -0.39 is 0 Å². The van der Waals surface area contributed by atoms with Gasteiger partial charge in [-0.2, -0.15) is 0 Å². The Kier molecular flexibility index (Phi) is 3.41. The van der Waals surface area contributed by atoms with Crippen molar-refractivity contribution >= 4 is 0 Å². The summed E-state index contributed by atoms with van der Waals surface area (Å²) >= 11 is 0. The van der Waals surface area contributed by atoms with Crippen molar-refractivity contribution in [3.8, 4) is 0 Å². The maximum atomic E-state index is 5.86. The van der Waals surface area contributed by atoms with E-state index in [9.17, 15) is 0 Å². The minimum atomic E-state index is 0.335. The predicted molar refractivity (Wildman–Crippen MR) is 73.6 cm³/mol. The summed E-state index contributed by atoms with van der Waals surface area (Å²) in [4.78, 5) is 2.48. The van der Waals surface area contributed by atoms with E-state index in [0.717, 1.165) is 18.4 Å². The molecule has 0 amide bonds. The van der Waals surface area contributed by atoms with Crippen LogP contribution in [-0.4, -0.2) is 50.3 Å². The maximum absolute atomic E-state index is 5.86. The molecule has 0 spiro atoms. The van der Waals surface area contributed by atoms with Crippen LogP contribution < -0.4 is 5.32 Å². The molecule has 18 heavy (non-hydrogen) atoms. The molecule has 0 bridgehead atoms. The average molecular weight is 252 g/mol. The first kappa shape index (κ1) is 12.9. The topological polar surface area (TPSA) is 24.5 Å². The van der Waals surface area contributed by atoms with Crippen molar-refractivity contribution in [2.45, 2.75) is 45.3 Å². The molecule has 1 aliphatic carbocycles. The number of ether oxygens (including phenoxy) is 1. The number of nitrogens with one attached hydrogen (secondary N) is 1. The molecule has 4 unspecified atom stereocenters. The Morgan fingerprint density at radius 1 is 1.33 bits per heavy atom. The Hall–Kier alpha value is -0.120. The Balaban J connectivity index is 1.51. The fraction of sp³-hybridized carbons (Fsp3) is 1.00. The van der Waals surface area contributed by atoms with Crippen LogP contribution >= 0.6 is 0 Å². The molecular weight excluding hydrogens is 224 g/mol. The van der Waals surface area contributed by atoms with Gasteiger partial charge in [-0.05, 0) is 45.3 Å². The molecule has 3 nitrogen and oxygen atoms in total. The van der Waals surface area contributed by atoms with E-state index in [1.165, 1.54) is 38.9 Å². The molecule has 2 aliphatic heterocycles. The van der Waals surface area contributed by atoms with Crippen LogP contribution in [0.3, 0.4) is 0 Å². The standard InChI is InChI=1S/C15H28N2O/c1-15(2)13(12-6-8-18-14(12)15)16-9-11-5-4-7-17(3)10-11/h11-14,16H,4-10H2,1-3H3. The number of hydrogen-bond acceptors (Lipinski definition) is 3. The Labute approximate surface area is 111 Å². The average Bonchev–Trinajstić information content (AvgIpc) is 2.75. The highest BCUT2D eigenvalue weighted by Gasteiger charge is 2.58. The molecule has 0 aromatic carbocycles. The minimum absolute atomic E-state index is 0.335. The van der Waals surface area contributed by atoms with Crippen LogP contribution in [0.25, 0.3) is 0 Å². The number of likely N-dealkylation sites (tertiary alicyclic amines) is 1. The molecule has 104 valence electrons. The molecule has 2 saturated heterocycles. The van der Waals surface area contributed by atoms with Gasteiger partial charge in [0.05, 0.1) is 6.10 Å². The molecular formula is C15H28N2O. The smallest absolute Gasteiger partial charge is 0.0685 e. The van der Waals surface area contributed by atoms with Gasteiger partial charge < -0.3 is 15.0 Å². The van der Waals surface area contributed by atoms with Crippen LogP contribution in [0.2, 0.25) is 0 Å². The molecule has 4 atom stereocenters. The van der Waals surface area contributed by atoms with E-state index in [2.05, 4.69) is 31.1 Å². The van der Waals surface area contributed by atoms with Crippen LogP contribution in [-0.2, 0) is 4.74 Å². The zero-order valence-corrected chi connectivity index (χ0v) is 12.1. The lowest BCUT2D eigenvalue weighted by Gasteiger charge is -2.55. The van der Waals surface area contributed by atoms with E-state index in [4.69, 9.17) is 4.74 Å². The van der Waals surface area contributed by atoms with E-state index >= 15 is 0 Å². The third kappa shape index (κ3) is 2.10. The van der Waals surface area contributed by atoms with Crippen LogP contribution in [0.4, 0.5) is 0 Å². The number of piperidine rings is 1. The van der Waals surface area contributed by atoms with Gasteiger partial charge in [-0.15, -0.1) is 0 Å². The Morgan fingerprint density at radius 2 is 2.17 bits per heavy atom. The number of rotatable bonds is 3. The van der Waals surface area contributed by atoms with E-state index in [-0.39, 0.29) is 0 Å². The van der Waals surface area contributed by atoms with Gasteiger partial charge >= 0.3 is 0 Å². The second kappa shape index (κ2) is 4.77. The fourth-order valence-electron chi connectivity index (χ4n) is 4.47. The zero-order chi connectivity index (χ0) is 12.8. The summed E-state index contributed by atoms with van der Waals surface area (Å²) < 4.78 is 5.86. The lowest BCUT2D eigenvalue weighted by molar-refractivity contribution is -0.113. The summed E-state index contributed by atoms with van der Waals surface area (Å²) in [6.45, 7) is 9.45. The first-order chi connectivity index (χ1) is 8.59. The molecule has 3 aliphatic rings. The van der Waals surface area contributed by atoms with Gasteiger partial charge in [0, 0.05) is 30.5 Å². The number of nitrogens with zero attached hydrogens (tertiary/aromatic N) is 1. The predicted octanol–water partition coefficient (Wildman–Crippen LogP) is 1.73. The van der Waals surface area contributed by atoms with Crippen molar-refractivity contribution in [1.82, 2.24) is 10.2 Å². The highest BCUT2D eigenvalue weighted by Crippen LogP contribution is 2.52. The monoisotopic (exact) mass is 252 g/mol. The third-order valence-corrected chi connectivity index (χ3v) is 5.45. The van der Waals surface area contributed by atoms with Crippen LogP contribution in [0.5, 0.6) is 0 Å². The van der Waals surface area contributed by atoms with Crippen molar-refractivity contribution in [2.75, 3.05) is 33.3 Å². The number of hydrogen-bond donors (Lipinski definition) is 1. The highest BCUT2D eigenvalue weighted by atomic mass is 16.5. The number of fused-ring (bicyclic) bond motifs is 1. The lowest BCUT2D eigenvalue weighted by Crippen LogP contribution is -2.66. The molecule has 1 N–H and O–H groups in total. The Bertz CT molecular complexity index is 305. The Morgan fingerprint density at radius 3 is 2.94 bits per heavy atom. The summed E-state index contributed by atoms with van der Waals surface area (Å²) in [5.74, 6) is 1.63. The molecule has 3 fully saturated rings. The van der Waals surface area contributed by atoms with Crippen molar-refractivity contribution in [3.05, 3.63) is 0 Å². The molecule has 0 radical (unpaired) electrons. The van der Waals surface area contributed by atoms with Crippen molar-refractivity contribution < 1.29 is 4.74 Å². The van der Waals surface area contributed by atoms with Crippen LogP contribution in [0, 0.1) is 17.3 Å². The van der Waals surface area contributed by atoms with Gasteiger partial charge in [-0.3, -0.25) is 0 Å². The van der Waals surface area contributed by atoms with E-state index in [1.54, 1.807) is 0 Å². The first-order valence-corrected chi connectivity index (χ1v) is 7.62. The molecule has 0 aromatic heterocycles. The zero-order valence-electron chi connectivity index (χ0n) is 12.1. The molecule has 3 rings (SSSR count). The first-order valence-electron chi connectivity index (χ1n) is 7.62. The van der Waals surface area contributed by atoms with Gasteiger partial charge in [0.2, 0.25) is 0 Å². The molecule has 3 heteroatoms. The second-order valence-electron chi connectivity index (χ2n) is 7.22. The van der Waals surface area contributed by atoms with Crippen molar-refractivity contribution in [2.24, 2.45) is 17.3 Å². The second-order valence-corrected chi connectivity index (χ2v) is 7.22. The molecule has 1 saturated carbocycles. The largest absolute Gasteiger partial charge is 0.377 e. The van der Waals surface area contributed by atoms with Crippen LogP contribution in [0.15, 0.2) is 0 Å². The summed E-state index contributed by atoms with van der Waals surface area (Å²) in [6.07, 6.45) is 4.54. The van der Waals surface area contributed by atoms with Gasteiger partial charge in [-0.25, -0.2) is 0 Å². The summed E-state index contributed by atoms with van der Waals surface area (Å²) in [7, 11) is 2.25. The quantitative estimate of drug-likeness (QED) is 0.828. The molecule has 0 aromatic rings. The summed E-state index contributed by atoms with van der Waals surface area (Å²) in [5.41, 5.74) is 0.335. The maximum Gasteiger partial charge on any atom is 0.0685 e. The van der Waals surface area contributed by atoms with Gasteiger partial charge in [-0.1, -0.05) is 13.8 Å². The van der Waals surface area contributed by atoms with Gasteiger partial charge in [0.25, 0.3) is 0 Å². The summed E-state index contributed by atoms with van der Waals surface area (Å²) in [5, 5.41) is 3.86. The van der Waals surface area contributed by atoms with Crippen molar-refractivity contribution in [1.29, 1.82) is 0 Å². The SMILES string of the molecule is CN1CCCC(CNC2C3CCOC3C2(C)C)C1. The van der Waals surface area contributed by atoms with Crippen LogP contribution in [0.1, 0.15) is 33.1 Å². The lowest BCUT2D eigenvalue weighted by atomic mass is 9.57. The molecule has 2 heterocycles. The van der Waals surface area contributed by atoms with Gasteiger partial charge in [0.1, 0.15) is 0 Å². The minimum Gasteiger partial charge on any atom is -0.377 e. The normalized spacial score (nSPS) is 43.5.